The molecule has 3 rings (SSSR count). The van der Waals surface area contributed by atoms with E-state index in [0.29, 0.717) is 21.6 Å². The number of rotatable bonds is 7. The highest BCUT2D eigenvalue weighted by Crippen LogP contribution is 2.39. The molecule has 0 aliphatic heterocycles. The second kappa shape index (κ2) is 10.6. The van der Waals surface area contributed by atoms with Crippen LogP contribution in [-0.2, 0) is 17.3 Å². The standard InChI is InChI=1S/C19H15Cl3N2O2S2/c20-14-5-6-15(17(22)9-14)18(10-24-8-7-23-12-24)27-19(25)28-26-11-13-3-1-2-4-16(13)21/h1-9,12,18H,10-11H2. The van der Waals surface area contributed by atoms with Gasteiger partial charge in [0.2, 0.25) is 0 Å². The van der Waals surface area contributed by atoms with Crippen LogP contribution in [0.5, 0.6) is 0 Å². The van der Waals surface area contributed by atoms with Crippen LogP contribution in [0.4, 0.5) is 4.79 Å². The van der Waals surface area contributed by atoms with E-state index < -0.39 is 0 Å². The van der Waals surface area contributed by atoms with E-state index >= 15 is 0 Å². The number of halogens is 3. The third kappa shape index (κ3) is 6.17. The number of hydrogen-bond donors (Lipinski definition) is 0. The lowest BCUT2D eigenvalue weighted by molar-refractivity contribution is 0.273. The number of thioether (sulfide) groups is 1. The van der Waals surface area contributed by atoms with E-state index in [-0.39, 0.29) is 16.3 Å². The van der Waals surface area contributed by atoms with Crippen LogP contribution in [0.15, 0.2) is 61.2 Å². The molecule has 1 unspecified atom stereocenters. The Morgan fingerprint density at radius 2 is 1.96 bits per heavy atom. The van der Waals surface area contributed by atoms with Crippen molar-refractivity contribution in [1.29, 1.82) is 0 Å². The number of imidazole rings is 1. The fraction of sp³-hybridized carbons (Fsp3) is 0.158. The maximum absolute atomic E-state index is 12.5. The van der Waals surface area contributed by atoms with Crippen molar-refractivity contribution in [1.82, 2.24) is 9.55 Å². The van der Waals surface area contributed by atoms with Crippen LogP contribution in [0.2, 0.25) is 15.1 Å². The molecule has 0 aliphatic carbocycles. The van der Waals surface area contributed by atoms with E-state index in [0.717, 1.165) is 34.9 Å². The minimum absolute atomic E-state index is 0.178. The summed E-state index contributed by atoms with van der Waals surface area (Å²) in [6, 6.07) is 12.6. The normalized spacial score (nSPS) is 12.1. The van der Waals surface area contributed by atoms with Crippen LogP contribution in [0.1, 0.15) is 16.4 Å². The molecule has 0 fully saturated rings. The molecule has 0 aliphatic rings. The first kappa shape index (κ1) is 21.6. The quantitative estimate of drug-likeness (QED) is 0.337. The van der Waals surface area contributed by atoms with Crippen molar-refractivity contribution in [2.24, 2.45) is 0 Å². The summed E-state index contributed by atoms with van der Waals surface area (Å²) in [6.45, 7) is 0.771. The Morgan fingerprint density at radius 3 is 2.68 bits per heavy atom. The zero-order valence-corrected chi connectivity index (χ0v) is 18.3. The van der Waals surface area contributed by atoms with Gasteiger partial charge in [0.1, 0.15) is 0 Å². The Balaban J connectivity index is 1.65. The van der Waals surface area contributed by atoms with Crippen molar-refractivity contribution >= 4 is 63.1 Å². The van der Waals surface area contributed by atoms with Gasteiger partial charge in [0.05, 0.1) is 30.2 Å². The summed E-state index contributed by atoms with van der Waals surface area (Å²) < 4.78 is 7.19. The lowest BCUT2D eigenvalue weighted by Gasteiger charge is -2.18. The Kier molecular flexibility index (Phi) is 8.14. The van der Waals surface area contributed by atoms with Gasteiger partial charge in [-0.1, -0.05) is 70.8 Å². The monoisotopic (exact) mass is 472 g/mol. The molecule has 0 saturated heterocycles. The highest BCUT2D eigenvalue weighted by atomic mass is 35.5. The van der Waals surface area contributed by atoms with Crippen molar-refractivity contribution in [2.75, 3.05) is 0 Å². The molecule has 0 radical (unpaired) electrons. The zero-order chi connectivity index (χ0) is 19.9. The number of hydrogen-bond acceptors (Lipinski definition) is 5. The largest absolute Gasteiger partial charge is 0.336 e. The Labute approximate surface area is 186 Å². The molecule has 28 heavy (non-hydrogen) atoms. The number of benzene rings is 2. The third-order valence-electron chi connectivity index (χ3n) is 3.78. The molecule has 1 aromatic heterocycles. The van der Waals surface area contributed by atoms with Gasteiger partial charge in [-0.15, -0.1) is 0 Å². The lowest BCUT2D eigenvalue weighted by Crippen LogP contribution is -2.07. The molecule has 0 amide bonds. The van der Waals surface area contributed by atoms with Crippen molar-refractivity contribution in [3.8, 4) is 0 Å². The van der Waals surface area contributed by atoms with Crippen molar-refractivity contribution in [2.45, 2.75) is 18.4 Å². The molecule has 1 heterocycles. The molecule has 4 nitrogen and oxygen atoms in total. The zero-order valence-electron chi connectivity index (χ0n) is 14.4. The molecule has 0 bridgehead atoms. The van der Waals surface area contributed by atoms with Crippen molar-refractivity contribution in [3.05, 3.63) is 87.4 Å². The number of nitrogens with zero attached hydrogens (tertiary/aromatic N) is 2. The second-order valence-electron chi connectivity index (χ2n) is 5.72. The van der Waals surface area contributed by atoms with Gasteiger partial charge in [0, 0.05) is 34.0 Å². The molecule has 2 aromatic carbocycles. The van der Waals surface area contributed by atoms with Crippen LogP contribution < -0.4 is 0 Å². The summed E-state index contributed by atoms with van der Waals surface area (Å²) in [5, 5.41) is 1.45. The van der Waals surface area contributed by atoms with Crippen molar-refractivity contribution in [3.63, 3.8) is 0 Å². The van der Waals surface area contributed by atoms with Gasteiger partial charge >= 0.3 is 0 Å². The first-order chi connectivity index (χ1) is 13.5. The molecule has 146 valence electrons. The number of carbonyl (C=O) groups excluding carboxylic acids is 1. The van der Waals surface area contributed by atoms with Gasteiger partial charge in [-0.25, -0.2) is 4.98 Å². The van der Waals surface area contributed by atoms with Gasteiger partial charge in [-0.3, -0.25) is 4.79 Å². The molecule has 0 saturated carbocycles. The summed E-state index contributed by atoms with van der Waals surface area (Å²) in [6.07, 6.45) is 5.22. The SMILES string of the molecule is O=C(SOCc1ccccc1Cl)SC(Cn1ccnc1)c1ccc(Cl)cc1Cl. The van der Waals surface area contributed by atoms with Crippen LogP contribution in [0.25, 0.3) is 0 Å². The predicted octanol–water partition coefficient (Wildman–Crippen LogP) is 7.30. The van der Waals surface area contributed by atoms with Crippen LogP contribution >= 0.6 is 58.6 Å². The summed E-state index contributed by atoms with van der Waals surface area (Å²) in [5.41, 5.74) is 1.65. The molecular formula is C19H15Cl3N2O2S2. The van der Waals surface area contributed by atoms with E-state index in [1.54, 1.807) is 30.7 Å². The number of aromatic nitrogens is 2. The van der Waals surface area contributed by atoms with Gasteiger partial charge in [0.15, 0.2) is 0 Å². The Hall–Kier alpha value is -1.15. The molecule has 3 aromatic rings. The minimum atomic E-state index is -0.220. The maximum atomic E-state index is 12.5. The highest BCUT2D eigenvalue weighted by molar-refractivity contribution is 8.36. The molecule has 9 heteroatoms. The summed E-state index contributed by atoms with van der Waals surface area (Å²) >= 11 is 20.4. The minimum Gasteiger partial charge on any atom is -0.336 e. The third-order valence-corrected chi connectivity index (χ3v) is 6.46. The summed E-state index contributed by atoms with van der Waals surface area (Å²) in [7, 11) is 0. The van der Waals surface area contributed by atoms with Crippen LogP contribution in [0.3, 0.4) is 0 Å². The van der Waals surface area contributed by atoms with Gasteiger partial charge in [-0.2, -0.15) is 0 Å². The van der Waals surface area contributed by atoms with E-state index in [2.05, 4.69) is 4.98 Å². The van der Waals surface area contributed by atoms with E-state index in [1.807, 2.05) is 35.0 Å². The van der Waals surface area contributed by atoms with Gasteiger partial charge in [0.25, 0.3) is 4.45 Å². The van der Waals surface area contributed by atoms with Gasteiger partial charge in [-0.05, 0) is 29.3 Å². The maximum Gasteiger partial charge on any atom is 0.273 e. The van der Waals surface area contributed by atoms with Crippen LogP contribution in [-0.4, -0.2) is 14.0 Å². The highest BCUT2D eigenvalue weighted by Gasteiger charge is 2.21. The van der Waals surface area contributed by atoms with Gasteiger partial charge < -0.3 is 8.75 Å². The van der Waals surface area contributed by atoms with E-state index in [9.17, 15) is 4.79 Å². The Morgan fingerprint density at radius 1 is 1.14 bits per heavy atom. The lowest BCUT2D eigenvalue weighted by atomic mass is 10.1. The topological polar surface area (TPSA) is 44.1 Å². The number of carbonyl (C=O) groups is 1. The summed E-state index contributed by atoms with van der Waals surface area (Å²) in [5.74, 6) is 0. The van der Waals surface area contributed by atoms with Crippen molar-refractivity contribution < 1.29 is 8.98 Å². The fourth-order valence-electron chi connectivity index (χ4n) is 2.44. The molecule has 1 atom stereocenters. The van der Waals surface area contributed by atoms with E-state index in [1.165, 1.54) is 0 Å². The van der Waals surface area contributed by atoms with E-state index in [4.69, 9.17) is 39.0 Å². The first-order valence-corrected chi connectivity index (χ1v) is 10.9. The predicted molar refractivity (Wildman–Crippen MR) is 118 cm³/mol. The van der Waals surface area contributed by atoms with Crippen LogP contribution in [0, 0.1) is 0 Å². The first-order valence-electron chi connectivity index (χ1n) is 8.17. The smallest absolute Gasteiger partial charge is 0.273 e. The average Bonchev–Trinajstić information content (AvgIpc) is 3.16. The fourth-order valence-corrected chi connectivity index (χ4v) is 4.98. The summed E-state index contributed by atoms with van der Waals surface area (Å²) in [4.78, 5) is 16.5. The average molecular weight is 474 g/mol. The molecule has 0 spiro atoms. The Bertz CT molecular complexity index is 939. The second-order valence-corrected chi connectivity index (χ2v) is 9.18. The molecular weight excluding hydrogens is 459 g/mol. The molecule has 0 N–H and O–H groups in total.